The van der Waals surface area contributed by atoms with Crippen molar-refractivity contribution in [3.8, 4) is 0 Å². The number of likely N-dealkylation sites (tertiary alicyclic amines) is 1. The van der Waals surface area contributed by atoms with Gasteiger partial charge in [0.05, 0.1) is 11.1 Å². The van der Waals surface area contributed by atoms with E-state index >= 15 is 0 Å². The highest BCUT2D eigenvalue weighted by Gasteiger charge is 2.35. The number of alkyl carbamates (subject to hydrolysis) is 1. The van der Waals surface area contributed by atoms with Crippen LogP contribution in [0, 0.1) is 0 Å². The lowest BCUT2D eigenvalue weighted by molar-refractivity contribution is -0.132. The zero-order chi connectivity index (χ0) is 22.5. The van der Waals surface area contributed by atoms with E-state index in [0.29, 0.717) is 37.1 Å². The van der Waals surface area contributed by atoms with Crippen molar-refractivity contribution in [2.45, 2.75) is 31.9 Å². The van der Waals surface area contributed by atoms with Gasteiger partial charge in [-0.2, -0.15) is 0 Å². The summed E-state index contributed by atoms with van der Waals surface area (Å²) in [6.07, 6.45) is 0.866. The molecule has 2 aromatic rings. The second-order valence-corrected chi connectivity index (χ2v) is 7.92. The molecule has 166 valence electrons. The number of hydrogen-bond acceptors (Lipinski definition) is 5. The minimum absolute atomic E-state index is 0.0569. The van der Waals surface area contributed by atoms with Crippen LogP contribution in [0.4, 0.5) is 4.79 Å². The summed E-state index contributed by atoms with van der Waals surface area (Å²) in [6, 6.07) is 16.1. The lowest BCUT2D eigenvalue weighted by Gasteiger charge is -2.32. The summed E-state index contributed by atoms with van der Waals surface area (Å²) >= 11 is 0. The van der Waals surface area contributed by atoms with E-state index in [1.165, 1.54) is 0 Å². The fourth-order valence-corrected chi connectivity index (χ4v) is 4.01. The smallest absolute Gasteiger partial charge is 0.407 e. The van der Waals surface area contributed by atoms with Gasteiger partial charge in [0, 0.05) is 32.1 Å². The Bertz CT molecular complexity index is 980. The van der Waals surface area contributed by atoms with E-state index in [1.54, 1.807) is 29.2 Å². The first-order valence-electron chi connectivity index (χ1n) is 10.7. The summed E-state index contributed by atoms with van der Waals surface area (Å²) in [7, 11) is 0. The molecule has 2 heterocycles. The Kier molecular flexibility index (Phi) is 6.49. The van der Waals surface area contributed by atoms with E-state index in [0.717, 1.165) is 10.5 Å². The number of nitrogens with zero attached hydrogens (tertiary/aromatic N) is 2. The van der Waals surface area contributed by atoms with Crippen LogP contribution in [0.15, 0.2) is 54.6 Å². The van der Waals surface area contributed by atoms with Crippen LogP contribution in [0.25, 0.3) is 0 Å². The Morgan fingerprint density at radius 1 is 0.906 bits per heavy atom. The van der Waals surface area contributed by atoms with Crippen molar-refractivity contribution in [3.05, 3.63) is 71.3 Å². The second-order valence-electron chi connectivity index (χ2n) is 7.92. The normalized spacial score (nSPS) is 16.1. The maximum atomic E-state index is 12.6. The highest BCUT2D eigenvalue weighted by Crippen LogP contribution is 2.23. The van der Waals surface area contributed by atoms with Crippen molar-refractivity contribution >= 4 is 23.8 Å². The maximum absolute atomic E-state index is 12.6. The average Bonchev–Trinajstić information content (AvgIpc) is 3.07. The number of nitrogens with one attached hydrogen (secondary N) is 1. The average molecular weight is 435 g/mol. The zero-order valence-corrected chi connectivity index (χ0v) is 17.7. The minimum atomic E-state index is -0.468. The predicted molar refractivity (Wildman–Crippen MR) is 116 cm³/mol. The molecule has 2 aromatic carbocycles. The SMILES string of the molecule is O=C(NC1CCN(C(=O)CCN2C(=O)c3ccccc3C2=O)CC1)OCc1ccccc1. The molecule has 0 bridgehead atoms. The molecule has 2 aliphatic rings. The van der Waals surface area contributed by atoms with Crippen molar-refractivity contribution in [2.24, 2.45) is 0 Å². The third-order valence-corrected chi connectivity index (χ3v) is 5.81. The van der Waals surface area contributed by atoms with Crippen molar-refractivity contribution in [1.29, 1.82) is 0 Å². The fourth-order valence-electron chi connectivity index (χ4n) is 4.01. The maximum Gasteiger partial charge on any atom is 0.407 e. The lowest BCUT2D eigenvalue weighted by atomic mass is 10.0. The summed E-state index contributed by atoms with van der Waals surface area (Å²) in [5, 5.41) is 2.85. The molecule has 2 aliphatic heterocycles. The molecule has 4 amide bonds. The van der Waals surface area contributed by atoms with Gasteiger partial charge in [0.2, 0.25) is 5.91 Å². The Hall–Kier alpha value is -3.68. The monoisotopic (exact) mass is 435 g/mol. The number of carbonyl (C=O) groups is 4. The number of hydrogen-bond donors (Lipinski definition) is 1. The van der Waals surface area contributed by atoms with E-state index in [-0.39, 0.29) is 43.3 Å². The highest BCUT2D eigenvalue weighted by molar-refractivity contribution is 6.21. The molecule has 0 spiro atoms. The molecule has 1 fully saturated rings. The van der Waals surface area contributed by atoms with Crippen LogP contribution in [0.3, 0.4) is 0 Å². The van der Waals surface area contributed by atoms with E-state index in [4.69, 9.17) is 4.74 Å². The number of carbonyl (C=O) groups excluding carboxylic acids is 4. The van der Waals surface area contributed by atoms with E-state index in [9.17, 15) is 19.2 Å². The van der Waals surface area contributed by atoms with Gasteiger partial charge >= 0.3 is 6.09 Å². The van der Waals surface area contributed by atoms with Crippen LogP contribution >= 0.6 is 0 Å². The van der Waals surface area contributed by atoms with Crippen LogP contribution < -0.4 is 5.32 Å². The van der Waals surface area contributed by atoms with Crippen LogP contribution in [-0.4, -0.2) is 59.3 Å². The molecule has 0 aliphatic carbocycles. The number of ether oxygens (including phenoxy) is 1. The Labute approximate surface area is 186 Å². The van der Waals surface area contributed by atoms with E-state index in [1.807, 2.05) is 30.3 Å². The van der Waals surface area contributed by atoms with Gasteiger partial charge in [0.1, 0.15) is 6.61 Å². The summed E-state index contributed by atoms with van der Waals surface area (Å²) < 4.78 is 5.25. The fraction of sp³-hybridized carbons (Fsp3) is 0.333. The number of amides is 4. The van der Waals surface area contributed by atoms with Gasteiger partial charge in [-0.3, -0.25) is 19.3 Å². The Balaban J connectivity index is 1.18. The molecule has 32 heavy (non-hydrogen) atoms. The minimum Gasteiger partial charge on any atom is -0.445 e. The molecular weight excluding hydrogens is 410 g/mol. The Morgan fingerprint density at radius 2 is 1.50 bits per heavy atom. The number of benzene rings is 2. The molecule has 4 rings (SSSR count). The zero-order valence-electron chi connectivity index (χ0n) is 17.7. The standard InChI is InChI=1S/C24H25N3O5/c28-21(12-15-27-22(29)19-8-4-5-9-20(19)23(27)30)26-13-10-18(11-14-26)25-24(31)32-16-17-6-2-1-3-7-17/h1-9,18H,10-16H2,(H,25,31). The number of fused-ring (bicyclic) bond motifs is 1. The molecule has 0 aromatic heterocycles. The first-order chi connectivity index (χ1) is 15.5. The number of rotatable bonds is 6. The lowest BCUT2D eigenvalue weighted by Crippen LogP contribution is -2.47. The molecule has 1 N–H and O–H groups in total. The quantitative estimate of drug-likeness (QED) is 0.704. The van der Waals surface area contributed by atoms with E-state index in [2.05, 4.69) is 5.32 Å². The third kappa shape index (κ3) is 4.80. The summed E-state index contributed by atoms with van der Waals surface area (Å²) in [5.41, 5.74) is 1.69. The number of piperidine rings is 1. The number of imide groups is 1. The topological polar surface area (TPSA) is 96.0 Å². The van der Waals surface area contributed by atoms with Crippen LogP contribution in [0.1, 0.15) is 45.5 Å². The highest BCUT2D eigenvalue weighted by atomic mass is 16.5. The third-order valence-electron chi connectivity index (χ3n) is 5.81. The van der Waals surface area contributed by atoms with Gasteiger partial charge < -0.3 is 15.0 Å². The van der Waals surface area contributed by atoms with Gasteiger partial charge in [-0.05, 0) is 30.5 Å². The van der Waals surface area contributed by atoms with Crippen LogP contribution in [0.5, 0.6) is 0 Å². The van der Waals surface area contributed by atoms with Gasteiger partial charge in [0.25, 0.3) is 11.8 Å². The van der Waals surface area contributed by atoms with Crippen molar-refractivity contribution in [2.75, 3.05) is 19.6 Å². The second kappa shape index (κ2) is 9.64. The van der Waals surface area contributed by atoms with Gasteiger partial charge in [-0.1, -0.05) is 42.5 Å². The van der Waals surface area contributed by atoms with E-state index < -0.39 is 6.09 Å². The molecule has 8 heteroatoms. The van der Waals surface area contributed by atoms with Crippen molar-refractivity contribution in [3.63, 3.8) is 0 Å². The summed E-state index contributed by atoms with van der Waals surface area (Å²) in [5.74, 6) is -0.808. The molecular formula is C24H25N3O5. The largest absolute Gasteiger partial charge is 0.445 e. The Morgan fingerprint density at radius 3 is 2.12 bits per heavy atom. The first kappa shape index (κ1) is 21.5. The summed E-state index contributed by atoms with van der Waals surface area (Å²) in [6.45, 7) is 1.28. The van der Waals surface area contributed by atoms with Gasteiger partial charge in [-0.25, -0.2) is 4.79 Å². The molecule has 1 saturated heterocycles. The first-order valence-corrected chi connectivity index (χ1v) is 10.7. The summed E-state index contributed by atoms with van der Waals surface area (Å²) in [4.78, 5) is 52.3. The van der Waals surface area contributed by atoms with Crippen molar-refractivity contribution < 1.29 is 23.9 Å². The van der Waals surface area contributed by atoms with Crippen molar-refractivity contribution in [1.82, 2.24) is 15.1 Å². The molecule has 0 radical (unpaired) electrons. The van der Waals surface area contributed by atoms with Gasteiger partial charge in [-0.15, -0.1) is 0 Å². The van der Waals surface area contributed by atoms with Crippen LogP contribution in [0.2, 0.25) is 0 Å². The molecule has 8 nitrogen and oxygen atoms in total. The molecule has 0 saturated carbocycles. The van der Waals surface area contributed by atoms with Crippen LogP contribution in [-0.2, 0) is 16.1 Å². The van der Waals surface area contributed by atoms with Gasteiger partial charge in [0.15, 0.2) is 0 Å². The molecule has 0 unspecified atom stereocenters. The predicted octanol–water partition coefficient (Wildman–Crippen LogP) is 2.59. The molecule has 0 atom stereocenters.